The summed E-state index contributed by atoms with van der Waals surface area (Å²) >= 11 is 1.47. The van der Waals surface area contributed by atoms with Gasteiger partial charge in [0, 0.05) is 10.5 Å². The molecule has 0 radical (unpaired) electrons. The van der Waals surface area contributed by atoms with Crippen molar-refractivity contribution in [2.75, 3.05) is 5.75 Å². The zero-order chi connectivity index (χ0) is 14.7. The van der Waals surface area contributed by atoms with Gasteiger partial charge in [-0.1, -0.05) is 42.5 Å². The van der Waals surface area contributed by atoms with Crippen molar-refractivity contribution in [2.24, 2.45) is 0 Å². The highest BCUT2D eigenvalue weighted by molar-refractivity contribution is 8.00. The van der Waals surface area contributed by atoms with Crippen molar-refractivity contribution in [1.29, 1.82) is 0 Å². The molecule has 0 amide bonds. The summed E-state index contributed by atoms with van der Waals surface area (Å²) in [5.74, 6) is -0.133. The normalized spacial score (nSPS) is 10.7. The van der Waals surface area contributed by atoms with Gasteiger partial charge in [-0.05, 0) is 35.0 Å². The molecule has 0 aliphatic heterocycles. The van der Waals surface area contributed by atoms with Crippen LogP contribution in [-0.2, 0) is 0 Å². The second-order valence-corrected chi connectivity index (χ2v) is 5.78. The highest BCUT2D eigenvalue weighted by atomic mass is 32.2. The van der Waals surface area contributed by atoms with Gasteiger partial charge >= 0.3 is 0 Å². The number of carbonyl (C=O) groups is 1. The van der Waals surface area contributed by atoms with Gasteiger partial charge in [-0.2, -0.15) is 0 Å². The second-order valence-electron chi connectivity index (χ2n) is 4.73. The summed E-state index contributed by atoms with van der Waals surface area (Å²) in [4.78, 5) is 13.1. The summed E-state index contributed by atoms with van der Waals surface area (Å²) < 4.78 is 13.1. The molecule has 0 N–H and O–H groups in total. The lowest BCUT2D eigenvalue weighted by Crippen LogP contribution is -2.02. The van der Waals surface area contributed by atoms with Crippen LogP contribution >= 0.6 is 11.8 Å². The van der Waals surface area contributed by atoms with E-state index in [1.807, 2.05) is 30.3 Å². The van der Waals surface area contributed by atoms with Crippen LogP contribution in [0.4, 0.5) is 4.39 Å². The number of ketones is 1. The van der Waals surface area contributed by atoms with Crippen molar-refractivity contribution >= 4 is 28.3 Å². The summed E-state index contributed by atoms with van der Waals surface area (Å²) in [6, 6.07) is 20.0. The number of rotatable bonds is 4. The molecule has 3 rings (SSSR count). The van der Waals surface area contributed by atoms with E-state index in [0.717, 1.165) is 10.3 Å². The summed E-state index contributed by atoms with van der Waals surface area (Å²) in [5, 5.41) is 2.33. The average Bonchev–Trinajstić information content (AvgIpc) is 2.52. The molecule has 3 aromatic carbocycles. The minimum absolute atomic E-state index is 0.0624. The van der Waals surface area contributed by atoms with Crippen LogP contribution in [0.5, 0.6) is 0 Å². The van der Waals surface area contributed by atoms with Gasteiger partial charge in [0.2, 0.25) is 0 Å². The molecule has 0 unspecified atom stereocenters. The Morgan fingerprint density at radius 1 is 0.905 bits per heavy atom. The van der Waals surface area contributed by atoms with E-state index < -0.39 is 0 Å². The third-order valence-electron chi connectivity index (χ3n) is 3.24. The molecule has 0 aliphatic carbocycles. The SMILES string of the molecule is O=C(CSc1ccc2ccccc2c1)c1cccc(F)c1. The lowest BCUT2D eigenvalue weighted by molar-refractivity contribution is 0.102. The quantitative estimate of drug-likeness (QED) is 0.500. The van der Waals surface area contributed by atoms with E-state index in [4.69, 9.17) is 0 Å². The van der Waals surface area contributed by atoms with E-state index in [-0.39, 0.29) is 11.6 Å². The van der Waals surface area contributed by atoms with E-state index in [2.05, 4.69) is 12.1 Å². The van der Waals surface area contributed by atoms with Crippen molar-refractivity contribution in [3.05, 3.63) is 78.1 Å². The number of carbonyl (C=O) groups excluding carboxylic acids is 1. The summed E-state index contributed by atoms with van der Waals surface area (Å²) in [6.45, 7) is 0. The molecule has 0 aliphatic rings. The van der Waals surface area contributed by atoms with E-state index in [1.165, 1.54) is 29.3 Å². The standard InChI is InChI=1S/C18H13FOS/c19-16-7-3-6-15(10-16)18(20)12-21-17-9-8-13-4-1-2-5-14(13)11-17/h1-11H,12H2. The maximum absolute atomic E-state index is 13.1. The van der Waals surface area contributed by atoms with Gasteiger partial charge in [-0.25, -0.2) is 4.39 Å². The minimum Gasteiger partial charge on any atom is -0.293 e. The Morgan fingerprint density at radius 2 is 1.71 bits per heavy atom. The van der Waals surface area contributed by atoms with Gasteiger partial charge in [0.1, 0.15) is 5.82 Å². The molecule has 0 saturated heterocycles. The highest BCUT2D eigenvalue weighted by Gasteiger charge is 2.07. The Bertz CT molecular complexity index is 798. The Labute approximate surface area is 126 Å². The summed E-state index contributed by atoms with van der Waals surface area (Å²) in [5.41, 5.74) is 0.420. The van der Waals surface area contributed by atoms with Crippen molar-refractivity contribution in [3.63, 3.8) is 0 Å². The van der Waals surface area contributed by atoms with Crippen molar-refractivity contribution < 1.29 is 9.18 Å². The molecule has 3 aromatic rings. The van der Waals surface area contributed by atoms with Crippen molar-refractivity contribution in [3.8, 4) is 0 Å². The third kappa shape index (κ3) is 3.31. The van der Waals surface area contributed by atoms with E-state index in [1.54, 1.807) is 12.1 Å². The number of thioether (sulfide) groups is 1. The Balaban J connectivity index is 1.72. The number of fused-ring (bicyclic) bond motifs is 1. The first-order valence-electron chi connectivity index (χ1n) is 6.63. The molecule has 1 nitrogen and oxygen atoms in total. The molecular formula is C18H13FOS. The minimum atomic E-state index is -0.378. The average molecular weight is 296 g/mol. The number of hydrogen-bond donors (Lipinski definition) is 0. The molecule has 104 valence electrons. The zero-order valence-electron chi connectivity index (χ0n) is 11.3. The van der Waals surface area contributed by atoms with Crippen LogP contribution in [0.2, 0.25) is 0 Å². The number of benzene rings is 3. The fourth-order valence-electron chi connectivity index (χ4n) is 2.15. The monoisotopic (exact) mass is 296 g/mol. The van der Waals surface area contributed by atoms with E-state index >= 15 is 0 Å². The number of halogens is 1. The van der Waals surface area contributed by atoms with Crippen LogP contribution in [0.15, 0.2) is 71.6 Å². The van der Waals surface area contributed by atoms with Gasteiger partial charge < -0.3 is 0 Å². The van der Waals surface area contributed by atoms with Gasteiger partial charge in [-0.3, -0.25) is 4.79 Å². The molecule has 0 spiro atoms. The third-order valence-corrected chi connectivity index (χ3v) is 4.23. The predicted octanol–water partition coefficient (Wildman–Crippen LogP) is 4.95. The summed E-state index contributed by atoms with van der Waals surface area (Å²) in [7, 11) is 0. The zero-order valence-corrected chi connectivity index (χ0v) is 12.1. The van der Waals surface area contributed by atoms with E-state index in [9.17, 15) is 9.18 Å². The van der Waals surface area contributed by atoms with Crippen LogP contribution in [-0.4, -0.2) is 11.5 Å². The number of hydrogen-bond acceptors (Lipinski definition) is 2. The first-order valence-corrected chi connectivity index (χ1v) is 7.61. The van der Waals surface area contributed by atoms with Crippen LogP contribution < -0.4 is 0 Å². The first kappa shape index (κ1) is 13.8. The fourth-order valence-corrected chi connectivity index (χ4v) is 2.99. The van der Waals surface area contributed by atoms with Crippen LogP contribution in [0, 0.1) is 5.82 Å². The molecule has 0 heterocycles. The van der Waals surface area contributed by atoms with Crippen molar-refractivity contribution in [2.45, 2.75) is 4.90 Å². The Morgan fingerprint density at radius 3 is 2.52 bits per heavy atom. The molecule has 0 atom stereocenters. The van der Waals surface area contributed by atoms with Gasteiger partial charge in [0.15, 0.2) is 5.78 Å². The topological polar surface area (TPSA) is 17.1 Å². The molecule has 0 saturated carbocycles. The second kappa shape index (κ2) is 6.10. The largest absolute Gasteiger partial charge is 0.293 e. The van der Waals surface area contributed by atoms with Crippen LogP contribution in [0.3, 0.4) is 0 Å². The lowest BCUT2D eigenvalue weighted by Gasteiger charge is -2.04. The smallest absolute Gasteiger partial charge is 0.173 e. The maximum Gasteiger partial charge on any atom is 0.173 e. The van der Waals surface area contributed by atoms with E-state index in [0.29, 0.717) is 11.3 Å². The molecule has 0 bridgehead atoms. The van der Waals surface area contributed by atoms with Crippen LogP contribution in [0.1, 0.15) is 10.4 Å². The molecular weight excluding hydrogens is 283 g/mol. The Hall–Kier alpha value is -2.13. The van der Waals surface area contributed by atoms with Gasteiger partial charge in [-0.15, -0.1) is 11.8 Å². The molecule has 0 fully saturated rings. The van der Waals surface area contributed by atoms with Gasteiger partial charge in [0.25, 0.3) is 0 Å². The van der Waals surface area contributed by atoms with Gasteiger partial charge in [0.05, 0.1) is 5.75 Å². The molecule has 3 heteroatoms. The Kier molecular flexibility index (Phi) is 4.02. The van der Waals surface area contributed by atoms with Crippen molar-refractivity contribution in [1.82, 2.24) is 0 Å². The lowest BCUT2D eigenvalue weighted by atomic mass is 10.1. The predicted molar refractivity (Wildman–Crippen MR) is 85.4 cm³/mol. The summed E-state index contributed by atoms with van der Waals surface area (Å²) in [6.07, 6.45) is 0. The first-order chi connectivity index (χ1) is 10.2. The molecule has 0 aromatic heterocycles. The number of Topliss-reactive ketones (excluding diaryl/α,β-unsaturated/α-hetero) is 1. The van der Waals surface area contributed by atoms with Crippen LogP contribution in [0.25, 0.3) is 10.8 Å². The fraction of sp³-hybridized carbons (Fsp3) is 0.0556. The highest BCUT2D eigenvalue weighted by Crippen LogP contribution is 2.24. The molecule has 21 heavy (non-hydrogen) atoms. The maximum atomic E-state index is 13.1.